The predicted octanol–water partition coefficient (Wildman–Crippen LogP) is 7.29. The Labute approximate surface area is 216 Å². The van der Waals surface area contributed by atoms with Gasteiger partial charge in [-0.25, -0.2) is 4.98 Å². The Balaban J connectivity index is 1.35. The van der Waals surface area contributed by atoms with E-state index in [4.69, 9.17) is 16.6 Å². The first kappa shape index (κ1) is 24.1. The fourth-order valence-electron chi connectivity index (χ4n) is 6.25. The number of benzene rings is 1. The van der Waals surface area contributed by atoms with Crippen molar-refractivity contribution < 1.29 is 0 Å². The standard InChI is InChI=1S/C27H35BrClN5/c1-3-18-8-7-9-19(4-2)26(18)33-14-12-20(13-15-33)31-25-16-24(21-10-5-6-11-23(21)29)32-27-22(28)17-30-34(25)27/h5-6,10-11,16-20,26,31H,3-4,7-9,12-15H2,1-2H3/t18-,19+,26?. The number of hydrogen-bond donors (Lipinski definition) is 1. The molecule has 7 heteroatoms. The third-order valence-corrected chi connectivity index (χ3v) is 8.94. The van der Waals surface area contributed by atoms with Gasteiger partial charge in [-0.15, -0.1) is 0 Å². The summed E-state index contributed by atoms with van der Waals surface area (Å²) in [5, 5.41) is 9.09. The van der Waals surface area contributed by atoms with Gasteiger partial charge >= 0.3 is 0 Å². The van der Waals surface area contributed by atoms with Crippen molar-refractivity contribution in [2.75, 3.05) is 18.4 Å². The van der Waals surface area contributed by atoms with Gasteiger partial charge in [0.2, 0.25) is 0 Å². The Morgan fingerprint density at radius 1 is 1.06 bits per heavy atom. The lowest BCUT2D eigenvalue weighted by molar-refractivity contribution is 0.0349. The summed E-state index contributed by atoms with van der Waals surface area (Å²) in [6.07, 6.45) is 11.0. The van der Waals surface area contributed by atoms with Crippen LogP contribution in [0.2, 0.25) is 5.02 Å². The van der Waals surface area contributed by atoms with Gasteiger partial charge in [0.1, 0.15) is 5.82 Å². The van der Waals surface area contributed by atoms with Crippen LogP contribution in [0.3, 0.4) is 0 Å². The molecular weight excluding hydrogens is 510 g/mol. The maximum absolute atomic E-state index is 6.51. The molecule has 0 bridgehead atoms. The summed E-state index contributed by atoms with van der Waals surface area (Å²) in [5.74, 6) is 2.70. The van der Waals surface area contributed by atoms with Gasteiger partial charge in [-0.2, -0.15) is 9.61 Å². The molecule has 3 heterocycles. The van der Waals surface area contributed by atoms with E-state index in [-0.39, 0.29) is 0 Å². The van der Waals surface area contributed by atoms with Crippen LogP contribution in [0.15, 0.2) is 41.0 Å². The largest absolute Gasteiger partial charge is 0.367 e. The molecule has 5 rings (SSSR count). The molecule has 1 saturated carbocycles. The number of rotatable bonds is 6. The Hall–Kier alpha value is -1.63. The number of piperidine rings is 1. The van der Waals surface area contributed by atoms with Gasteiger partial charge in [-0.1, -0.05) is 62.9 Å². The summed E-state index contributed by atoms with van der Waals surface area (Å²) in [6, 6.07) is 11.2. The monoisotopic (exact) mass is 543 g/mol. The number of fused-ring (bicyclic) bond motifs is 1. The molecule has 0 amide bonds. The molecule has 34 heavy (non-hydrogen) atoms. The molecule has 0 spiro atoms. The molecule has 2 aliphatic rings. The second-order valence-corrected chi connectivity index (χ2v) is 11.2. The van der Waals surface area contributed by atoms with E-state index < -0.39 is 0 Å². The van der Waals surface area contributed by atoms with Gasteiger partial charge in [0.15, 0.2) is 5.65 Å². The van der Waals surface area contributed by atoms with Crippen molar-refractivity contribution in [1.29, 1.82) is 0 Å². The smallest absolute Gasteiger partial charge is 0.172 e. The van der Waals surface area contributed by atoms with Gasteiger partial charge in [0.25, 0.3) is 0 Å². The first-order valence-electron chi connectivity index (χ1n) is 12.9. The maximum atomic E-state index is 6.51. The number of halogens is 2. The maximum Gasteiger partial charge on any atom is 0.172 e. The summed E-state index contributed by atoms with van der Waals surface area (Å²) >= 11 is 10.1. The van der Waals surface area contributed by atoms with Crippen LogP contribution in [0.1, 0.15) is 58.8 Å². The first-order chi connectivity index (χ1) is 16.6. The van der Waals surface area contributed by atoms with Gasteiger partial charge in [-0.05, 0) is 59.5 Å². The van der Waals surface area contributed by atoms with Crippen molar-refractivity contribution in [3.8, 4) is 11.3 Å². The van der Waals surface area contributed by atoms with Crippen molar-refractivity contribution >= 4 is 39.0 Å². The van der Waals surface area contributed by atoms with Gasteiger partial charge in [0, 0.05) is 41.8 Å². The summed E-state index contributed by atoms with van der Waals surface area (Å²) in [5.41, 5.74) is 2.60. The van der Waals surface area contributed by atoms with E-state index in [1.54, 1.807) is 0 Å². The van der Waals surface area contributed by atoms with E-state index >= 15 is 0 Å². The normalized spacial score (nSPS) is 24.5. The van der Waals surface area contributed by atoms with Crippen LogP contribution < -0.4 is 5.32 Å². The Morgan fingerprint density at radius 2 is 1.76 bits per heavy atom. The van der Waals surface area contributed by atoms with E-state index in [9.17, 15) is 0 Å². The van der Waals surface area contributed by atoms with E-state index in [1.165, 1.54) is 45.2 Å². The lowest BCUT2D eigenvalue weighted by Gasteiger charge is -2.47. The van der Waals surface area contributed by atoms with Crippen molar-refractivity contribution in [1.82, 2.24) is 19.5 Å². The molecule has 3 aromatic rings. The van der Waals surface area contributed by atoms with E-state index in [0.29, 0.717) is 11.1 Å². The zero-order valence-electron chi connectivity index (χ0n) is 20.2. The van der Waals surface area contributed by atoms with Gasteiger partial charge < -0.3 is 5.32 Å². The minimum absolute atomic E-state index is 0.424. The number of aromatic nitrogens is 3. The van der Waals surface area contributed by atoms with E-state index in [1.807, 2.05) is 35.0 Å². The van der Waals surface area contributed by atoms with Gasteiger partial charge in [-0.3, -0.25) is 4.90 Å². The van der Waals surface area contributed by atoms with E-state index in [0.717, 1.165) is 57.9 Å². The Morgan fingerprint density at radius 3 is 2.44 bits per heavy atom. The zero-order valence-corrected chi connectivity index (χ0v) is 22.5. The van der Waals surface area contributed by atoms with Crippen LogP contribution in [-0.4, -0.2) is 44.7 Å². The SMILES string of the molecule is CC[C@@H]1CCC[C@H](CC)C1N1CCC(Nc2cc(-c3ccccc3Cl)nc3c(Br)cnn23)CC1. The molecule has 3 atom stereocenters. The highest BCUT2D eigenvalue weighted by Gasteiger charge is 2.37. The number of nitrogens with one attached hydrogen (secondary N) is 1. The Kier molecular flexibility index (Phi) is 7.47. The molecule has 1 aliphatic heterocycles. The van der Waals surface area contributed by atoms with Crippen LogP contribution >= 0.6 is 27.5 Å². The summed E-state index contributed by atoms with van der Waals surface area (Å²) in [4.78, 5) is 7.67. The molecule has 1 aromatic carbocycles. The first-order valence-corrected chi connectivity index (χ1v) is 14.1. The topological polar surface area (TPSA) is 45.5 Å². The van der Waals surface area contributed by atoms with Crippen molar-refractivity contribution in [2.24, 2.45) is 11.8 Å². The highest BCUT2D eigenvalue weighted by molar-refractivity contribution is 9.10. The van der Waals surface area contributed by atoms with Crippen LogP contribution in [0, 0.1) is 11.8 Å². The summed E-state index contributed by atoms with van der Waals surface area (Å²) in [7, 11) is 0. The molecular formula is C27H35BrClN5. The van der Waals surface area contributed by atoms with Crippen molar-refractivity contribution in [3.63, 3.8) is 0 Å². The molecule has 1 N–H and O–H groups in total. The average molecular weight is 545 g/mol. The number of nitrogens with zero attached hydrogens (tertiary/aromatic N) is 4. The molecule has 1 saturated heterocycles. The highest BCUT2D eigenvalue weighted by atomic mass is 79.9. The number of likely N-dealkylation sites (tertiary alicyclic amines) is 1. The highest BCUT2D eigenvalue weighted by Crippen LogP contribution is 2.38. The molecule has 0 radical (unpaired) electrons. The third kappa shape index (κ3) is 4.74. The molecule has 1 aliphatic carbocycles. The molecule has 1 unspecified atom stereocenters. The number of hydrogen-bond acceptors (Lipinski definition) is 4. The molecule has 2 fully saturated rings. The number of anilines is 1. The lowest BCUT2D eigenvalue weighted by atomic mass is 9.73. The summed E-state index contributed by atoms with van der Waals surface area (Å²) < 4.78 is 2.78. The molecule has 182 valence electrons. The lowest BCUT2D eigenvalue weighted by Crippen LogP contribution is -2.52. The van der Waals surface area contributed by atoms with Crippen molar-refractivity contribution in [2.45, 2.75) is 70.9 Å². The second kappa shape index (κ2) is 10.5. The van der Waals surface area contributed by atoms with Crippen LogP contribution in [0.25, 0.3) is 16.9 Å². The molecule has 5 nitrogen and oxygen atoms in total. The summed E-state index contributed by atoms with van der Waals surface area (Å²) in [6.45, 7) is 7.11. The predicted molar refractivity (Wildman–Crippen MR) is 145 cm³/mol. The minimum atomic E-state index is 0.424. The van der Waals surface area contributed by atoms with Crippen molar-refractivity contribution in [3.05, 3.63) is 46.0 Å². The second-order valence-electron chi connectivity index (χ2n) is 9.95. The van der Waals surface area contributed by atoms with Crippen LogP contribution in [0.5, 0.6) is 0 Å². The van der Waals surface area contributed by atoms with Crippen LogP contribution in [0.4, 0.5) is 5.82 Å². The van der Waals surface area contributed by atoms with Crippen LogP contribution in [-0.2, 0) is 0 Å². The third-order valence-electron chi connectivity index (χ3n) is 8.05. The average Bonchev–Trinajstić information content (AvgIpc) is 3.25. The fourth-order valence-corrected chi connectivity index (χ4v) is 6.83. The fraction of sp³-hybridized carbons (Fsp3) is 0.556. The van der Waals surface area contributed by atoms with Gasteiger partial charge in [0.05, 0.1) is 16.4 Å². The zero-order chi connectivity index (χ0) is 23.7. The minimum Gasteiger partial charge on any atom is -0.367 e. The van der Waals surface area contributed by atoms with E-state index in [2.05, 4.69) is 51.2 Å². The molecule has 2 aromatic heterocycles. The quantitative estimate of drug-likeness (QED) is 0.354. The Bertz CT molecular complexity index is 1110.